The van der Waals surface area contributed by atoms with Crippen molar-refractivity contribution in [1.82, 2.24) is 0 Å². The molecule has 5 heteroatoms. The number of likely N-dealkylation sites (N-methyl/N-ethyl adjacent to an activating group) is 1. The van der Waals surface area contributed by atoms with E-state index in [9.17, 15) is 0 Å². The topological polar surface area (TPSA) is 50.0 Å². The van der Waals surface area contributed by atoms with Crippen LogP contribution < -0.4 is 17.1 Å². The predicted octanol–water partition coefficient (Wildman–Crippen LogP) is 2.37. The Hall–Kier alpha value is -1.59. The van der Waals surface area contributed by atoms with Crippen LogP contribution in [0.3, 0.4) is 0 Å². The standard InChI is InChI=1S/C27H42NO2.ClH.H2O/c1-23(2)19-27(20-24(3)4,30-26-15-11-8-12-16-26)22-29-18-17-28(5,6)21-25-13-9-7-10-14-25;;/h7-16,23-24H,17-22H2,1-6H3;1H;1H2/q+1;;/p-1. The van der Waals surface area contributed by atoms with E-state index in [0.29, 0.717) is 18.4 Å². The fourth-order valence-electron chi connectivity index (χ4n) is 4.27. The van der Waals surface area contributed by atoms with Crippen LogP contribution in [-0.2, 0) is 11.3 Å². The molecule has 0 heterocycles. The zero-order valence-electron chi connectivity index (χ0n) is 20.8. The van der Waals surface area contributed by atoms with Crippen LogP contribution in [0, 0.1) is 11.8 Å². The lowest BCUT2D eigenvalue weighted by molar-refractivity contribution is -0.904. The monoisotopic (exact) mass is 465 g/mol. The molecule has 2 N–H and O–H groups in total. The Labute approximate surface area is 202 Å². The predicted molar refractivity (Wildman–Crippen MR) is 130 cm³/mol. The first-order valence-electron chi connectivity index (χ1n) is 11.4. The molecule has 0 aliphatic carbocycles. The summed E-state index contributed by atoms with van der Waals surface area (Å²) < 4.78 is 13.8. The second-order valence-electron chi connectivity index (χ2n) is 10.1. The van der Waals surface area contributed by atoms with Gasteiger partial charge in [-0.05, 0) is 36.8 Å². The molecule has 0 bridgehead atoms. The molecule has 4 nitrogen and oxygen atoms in total. The number of hydrogen-bond acceptors (Lipinski definition) is 2. The highest BCUT2D eigenvalue weighted by atomic mass is 35.5. The van der Waals surface area contributed by atoms with Crippen molar-refractivity contribution in [3.63, 3.8) is 0 Å². The number of rotatable bonds is 13. The van der Waals surface area contributed by atoms with Gasteiger partial charge in [0.2, 0.25) is 0 Å². The molecule has 0 spiro atoms. The number of para-hydroxylation sites is 1. The van der Waals surface area contributed by atoms with Gasteiger partial charge in [0.1, 0.15) is 24.4 Å². The summed E-state index contributed by atoms with van der Waals surface area (Å²) in [6.45, 7) is 12.4. The number of quaternary nitrogens is 1. The van der Waals surface area contributed by atoms with Gasteiger partial charge in [-0.2, -0.15) is 0 Å². The number of nitrogens with zero attached hydrogens (tertiary/aromatic N) is 1. The third-order valence-corrected chi connectivity index (χ3v) is 5.30. The Morgan fingerprint density at radius 3 is 1.81 bits per heavy atom. The van der Waals surface area contributed by atoms with Crippen molar-refractivity contribution in [2.45, 2.75) is 52.7 Å². The molecule has 0 saturated heterocycles. The highest BCUT2D eigenvalue weighted by Crippen LogP contribution is 2.31. The first kappa shape index (κ1) is 30.4. The summed E-state index contributed by atoms with van der Waals surface area (Å²) in [7, 11) is 4.54. The average Bonchev–Trinajstić information content (AvgIpc) is 2.65. The molecule has 2 aromatic rings. The number of hydrogen-bond donors (Lipinski definition) is 0. The van der Waals surface area contributed by atoms with Gasteiger partial charge in [0, 0.05) is 5.56 Å². The van der Waals surface area contributed by atoms with E-state index in [0.717, 1.165) is 42.8 Å². The van der Waals surface area contributed by atoms with E-state index in [-0.39, 0.29) is 23.5 Å². The van der Waals surface area contributed by atoms with Gasteiger partial charge in [-0.1, -0.05) is 76.2 Å². The summed E-state index contributed by atoms with van der Waals surface area (Å²) in [4.78, 5) is 0. The molecule has 0 aliphatic rings. The molecular formula is C27H44ClNO3. The number of ether oxygens (including phenoxy) is 2. The molecule has 32 heavy (non-hydrogen) atoms. The van der Waals surface area contributed by atoms with Crippen molar-refractivity contribution in [3.8, 4) is 5.75 Å². The van der Waals surface area contributed by atoms with Crippen LogP contribution in [-0.4, -0.2) is 49.4 Å². The highest BCUT2D eigenvalue weighted by molar-refractivity contribution is 5.22. The summed E-state index contributed by atoms with van der Waals surface area (Å²) in [5.41, 5.74) is 1.07. The molecule has 0 aliphatic heterocycles. The summed E-state index contributed by atoms with van der Waals surface area (Å²) in [6, 6.07) is 20.9. The fourth-order valence-corrected chi connectivity index (χ4v) is 4.27. The third kappa shape index (κ3) is 11.3. The molecule has 0 fully saturated rings. The van der Waals surface area contributed by atoms with Gasteiger partial charge >= 0.3 is 0 Å². The van der Waals surface area contributed by atoms with Crippen molar-refractivity contribution in [2.24, 2.45) is 11.8 Å². The van der Waals surface area contributed by atoms with Crippen molar-refractivity contribution < 1.29 is 31.8 Å². The lowest BCUT2D eigenvalue weighted by Crippen LogP contribution is -3.00. The second-order valence-corrected chi connectivity index (χ2v) is 10.1. The summed E-state index contributed by atoms with van der Waals surface area (Å²) in [6.07, 6.45) is 1.98. The minimum atomic E-state index is -0.291. The molecular weight excluding hydrogens is 422 g/mol. The third-order valence-electron chi connectivity index (χ3n) is 5.30. The van der Waals surface area contributed by atoms with Crippen molar-refractivity contribution in [2.75, 3.05) is 33.9 Å². The van der Waals surface area contributed by atoms with Crippen LogP contribution in [0.15, 0.2) is 60.7 Å². The van der Waals surface area contributed by atoms with Gasteiger partial charge in [0.15, 0.2) is 0 Å². The first-order valence-corrected chi connectivity index (χ1v) is 11.4. The Balaban J connectivity index is 0.00000480. The van der Waals surface area contributed by atoms with E-state index in [1.54, 1.807) is 0 Å². The quantitative estimate of drug-likeness (QED) is 0.337. The van der Waals surface area contributed by atoms with Crippen LogP contribution in [0.2, 0.25) is 0 Å². The maximum absolute atomic E-state index is 6.62. The van der Waals surface area contributed by atoms with E-state index >= 15 is 0 Å². The minimum absolute atomic E-state index is 0. The Kier molecular flexibility index (Phi) is 13.8. The molecule has 0 amide bonds. The van der Waals surface area contributed by atoms with E-state index in [1.807, 2.05) is 18.2 Å². The molecule has 2 aromatic carbocycles. The smallest absolute Gasteiger partial charge is 0.133 e. The van der Waals surface area contributed by atoms with Gasteiger partial charge < -0.3 is 31.8 Å². The van der Waals surface area contributed by atoms with Crippen LogP contribution in [0.1, 0.15) is 46.1 Å². The van der Waals surface area contributed by atoms with E-state index < -0.39 is 0 Å². The van der Waals surface area contributed by atoms with Gasteiger partial charge in [0.25, 0.3) is 0 Å². The molecule has 182 valence electrons. The van der Waals surface area contributed by atoms with Gasteiger partial charge in [0.05, 0.1) is 27.3 Å². The molecule has 0 unspecified atom stereocenters. The van der Waals surface area contributed by atoms with Gasteiger partial charge in [-0.15, -0.1) is 0 Å². The fraction of sp³-hybridized carbons (Fsp3) is 0.556. The second kappa shape index (κ2) is 14.5. The highest BCUT2D eigenvalue weighted by Gasteiger charge is 2.35. The zero-order valence-corrected chi connectivity index (χ0v) is 21.6. The van der Waals surface area contributed by atoms with Gasteiger partial charge in [-0.3, -0.25) is 0 Å². The summed E-state index contributed by atoms with van der Waals surface area (Å²) in [5.74, 6) is 2.02. The summed E-state index contributed by atoms with van der Waals surface area (Å²) >= 11 is 0. The van der Waals surface area contributed by atoms with Crippen molar-refractivity contribution in [3.05, 3.63) is 66.2 Å². The first-order chi connectivity index (χ1) is 14.2. The largest absolute Gasteiger partial charge is 1.00 e. The lowest BCUT2D eigenvalue weighted by atomic mass is 9.85. The molecule has 0 aromatic heterocycles. The van der Waals surface area contributed by atoms with Crippen molar-refractivity contribution in [1.29, 1.82) is 0 Å². The molecule has 2 rings (SSSR count). The average molecular weight is 466 g/mol. The molecule has 0 atom stereocenters. The number of benzene rings is 2. The SMILES string of the molecule is CC(C)CC(COCC[N+](C)(C)Cc1ccccc1)(CC(C)C)Oc1ccccc1.O.[Cl-]. The molecule has 0 radical (unpaired) electrons. The lowest BCUT2D eigenvalue weighted by Gasteiger charge is -2.38. The zero-order chi connectivity index (χ0) is 22.0. The van der Waals surface area contributed by atoms with Crippen LogP contribution >= 0.6 is 0 Å². The van der Waals surface area contributed by atoms with Crippen LogP contribution in [0.25, 0.3) is 0 Å². The Morgan fingerprint density at radius 1 is 0.812 bits per heavy atom. The van der Waals surface area contributed by atoms with Crippen molar-refractivity contribution >= 4 is 0 Å². The van der Waals surface area contributed by atoms with E-state index in [2.05, 4.69) is 84.3 Å². The Morgan fingerprint density at radius 2 is 1.31 bits per heavy atom. The Bertz CT molecular complexity index is 710. The minimum Gasteiger partial charge on any atom is -1.00 e. The van der Waals surface area contributed by atoms with E-state index in [4.69, 9.17) is 9.47 Å². The summed E-state index contributed by atoms with van der Waals surface area (Å²) in [5, 5.41) is 0. The van der Waals surface area contributed by atoms with Crippen LogP contribution in [0.4, 0.5) is 0 Å². The van der Waals surface area contributed by atoms with E-state index in [1.165, 1.54) is 5.56 Å². The van der Waals surface area contributed by atoms with Crippen LogP contribution in [0.5, 0.6) is 5.75 Å². The normalized spacial score (nSPS) is 11.8. The maximum Gasteiger partial charge on any atom is 0.133 e. The molecule has 0 saturated carbocycles. The number of halogens is 1. The maximum atomic E-state index is 6.62. The van der Waals surface area contributed by atoms with Gasteiger partial charge in [-0.25, -0.2) is 0 Å².